The highest BCUT2D eigenvalue weighted by molar-refractivity contribution is 7.99. The van der Waals surface area contributed by atoms with Gasteiger partial charge in [-0.05, 0) is 30.1 Å². The minimum absolute atomic E-state index is 0.394. The molecule has 2 nitrogen and oxygen atoms in total. The van der Waals surface area contributed by atoms with Gasteiger partial charge in [0.25, 0.3) is 0 Å². The Kier molecular flexibility index (Phi) is 4.66. The maximum atomic E-state index is 6.25. The molecule has 2 N–H and O–H groups in total. The molecule has 4 atom stereocenters. The summed E-state index contributed by atoms with van der Waals surface area (Å²) in [7, 11) is 0. The summed E-state index contributed by atoms with van der Waals surface area (Å²) < 4.78 is 0. The molecule has 1 heterocycles. The highest BCUT2D eigenvalue weighted by Crippen LogP contribution is 2.44. The fourth-order valence-electron chi connectivity index (χ4n) is 3.63. The van der Waals surface area contributed by atoms with E-state index in [-0.39, 0.29) is 0 Å². The maximum Gasteiger partial charge on any atom is 0.0147 e. The van der Waals surface area contributed by atoms with Crippen LogP contribution in [0.15, 0.2) is 0 Å². The van der Waals surface area contributed by atoms with Crippen LogP contribution in [0.4, 0.5) is 0 Å². The van der Waals surface area contributed by atoms with Crippen LogP contribution >= 0.6 is 11.8 Å². The Bertz CT molecular complexity index is 280. The van der Waals surface area contributed by atoms with Gasteiger partial charge in [0.05, 0.1) is 0 Å². The number of nitrogens with zero attached hydrogens (tertiary/aromatic N) is 1. The van der Waals surface area contributed by atoms with E-state index in [0.717, 1.165) is 11.2 Å². The van der Waals surface area contributed by atoms with Gasteiger partial charge in [0.1, 0.15) is 0 Å². The van der Waals surface area contributed by atoms with E-state index in [1.54, 1.807) is 0 Å². The Morgan fingerprint density at radius 2 is 2.00 bits per heavy atom. The van der Waals surface area contributed by atoms with Crippen molar-refractivity contribution in [3.8, 4) is 0 Å². The van der Waals surface area contributed by atoms with E-state index in [9.17, 15) is 0 Å². The molecule has 2 rings (SSSR count). The average molecular weight is 270 g/mol. The molecule has 1 aliphatic carbocycles. The molecule has 0 spiro atoms. The quantitative estimate of drug-likeness (QED) is 0.836. The van der Waals surface area contributed by atoms with Gasteiger partial charge in [0, 0.05) is 36.7 Å². The van der Waals surface area contributed by atoms with Gasteiger partial charge in [-0.3, -0.25) is 0 Å². The summed E-state index contributed by atoms with van der Waals surface area (Å²) in [5.41, 5.74) is 6.65. The van der Waals surface area contributed by atoms with Crippen molar-refractivity contribution >= 4 is 11.8 Å². The third-order valence-electron chi connectivity index (χ3n) is 5.52. The molecule has 1 aliphatic heterocycles. The van der Waals surface area contributed by atoms with Gasteiger partial charge < -0.3 is 10.6 Å². The van der Waals surface area contributed by atoms with E-state index < -0.39 is 0 Å². The van der Waals surface area contributed by atoms with Crippen molar-refractivity contribution in [3.63, 3.8) is 0 Å². The molecular weight excluding hydrogens is 240 g/mol. The van der Waals surface area contributed by atoms with Crippen molar-refractivity contribution in [2.24, 2.45) is 23.0 Å². The minimum atomic E-state index is 0.394. The summed E-state index contributed by atoms with van der Waals surface area (Å²) in [5.74, 6) is 2.78. The van der Waals surface area contributed by atoms with Crippen LogP contribution in [0.5, 0.6) is 0 Å². The van der Waals surface area contributed by atoms with Crippen LogP contribution in [0.1, 0.15) is 40.5 Å². The summed E-state index contributed by atoms with van der Waals surface area (Å²) in [6.45, 7) is 13.4. The van der Waals surface area contributed by atoms with Crippen LogP contribution in [0.25, 0.3) is 0 Å². The van der Waals surface area contributed by atoms with Gasteiger partial charge in [-0.25, -0.2) is 0 Å². The Balaban J connectivity index is 1.96. The van der Waals surface area contributed by atoms with E-state index in [0.29, 0.717) is 17.4 Å². The lowest BCUT2D eigenvalue weighted by atomic mass is 9.61. The molecule has 0 amide bonds. The Morgan fingerprint density at radius 3 is 2.67 bits per heavy atom. The van der Waals surface area contributed by atoms with Crippen molar-refractivity contribution in [1.82, 2.24) is 4.90 Å². The molecule has 1 saturated heterocycles. The molecular formula is C15H30N2S. The minimum Gasteiger partial charge on any atom is -0.327 e. The first-order valence-corrected chi connectivity index (χ1v) is 8.55. The molecule has 106 valence electrons. The first kappa shape index (κ1) is 14.7. The number of hydrogen-bond acceptors (Lipinski definition) is 3. The predicted octanol–water partition coefficient (Wildman–Crippen LogP) is 2.82. The second-order valence-corrected chi connectivity index (χ2v) is 8.54. The van der Waals surface area contributed by atoms with E-state index in [2.05, 4.69) is 44.4 Å². The zero-order valence-corrected chi connectivity index (χ0v) is 13.3. The first-order chi connectivity index (χ1) is 8.41. The van der Waals surface area contributed by atoms with Crippen LogP contribution in [0, 0.1) is 17.3 Å². The van der Waals surface area contributed by atoms with Crippen LogP contribution in [0.2, 0.25) is 0 Å². The summed E-state index contributed by atoms with van der Waals surface area (Å²) in [6, 6.07) is 0.409. The van der Waals surface area contributed by atoms with Crippen LogP contribution in [0.3, 0.4) is 0 Å². The normalized spacial score (nSPS) is 41.8. The fraction of sp³-hybridized carbons (Fsp3) is 1.00. The zero-order valence-electron chi connectivity index (χ0n) is 12.5. The lowest BCUT2D eigenvalue weighted by Gasteiger charge is -2.49. The fourth-order valence-corrected chi connectivity index (χ4v) is 4.72. The molecule has 0 aromatic carbocycles. The number of rotatable bonds is 2. The van der Waals surface area contributed by atoms with E-state index in [1.165, 1.54) is 38.2 Å². The van der Waals surface area contributed by atoms with Gasteiger partial charge >= 0.3 is 0 Å². The van der Waals surface area contributed by atoms with Gasteiger partial charge in [0.15, 0.2) is 0 Å². The lowest BCUT2D eigenvalue weighted by molar-refractivity contribution is 0.0295. The monoisotopic (exact) mass is 270 g/mol. The van der Waals surface area contributed by atoms with Crippen molar-refractivity contribution in [3.05, 3.63) is 0 Å². The van der Waals surface area contributed by atoms with E-state index >= 15 is 0 Å². The second-order valence-electron chi connectivity index (χ2n) is 6.99. The lowest BCUT2D eigenvalue weighted by Crippen LogP contribution is -2.51. The smallest absolute Gasteiger partial charge is 0.0147 e. The third-order valence-corrected chi connectivity index (χ3v) is 6.66. The van der Waals surface area contributed by atoms with Crippen molar-refractivity contribution in [2.75, 3.05) is 25.4 Å². The highest BCUT2D eigenvalue weighted by Gasteiger charge is 2.42. The largest absolute Gasteiger partial charge is 0.327 e. The number of nitrogens with two attached hydrogens (primary N) is 1. The van der Waals surface area contributed by atoms with Gasteiger partial charge in [-0.2, -0.15) is 11.8 Å². The van der Waals surface area contributed by atoms with Crippen molar-refractivity contribution < 1.29 is 0 Å². The van der Waals surface area contributed by atoms with Crippen LogP contribution in [-0.2, 0) is 0 Å². The van der Waals surface area contributed by atoms with E-state index in [1.807, 2.05) is 0 Å². The average Bonchev–Trinajstić information content (AvgIpc) is 2.31. The molecule has 18 heavy (non-hydrogen) atoms. The SMILES string of the molecule is CC1CN(CC2CCC(N)C(C)C2(C)C)CCS1. The van der Waals surface area contributed by atoms with Crippen molar-refractivity contribution in [2.45, 2.75) is 51.8 Å². The van der Waals surface area contributed by atoms with E-state index in [4.69, 9.17) is 5.73 Å². The molecule has 0 bridgehead atoms. The molecule has 0 aromatic rings. The number of hydrogen-bond donors (Lipinski definition) is 1. The molecule has 2 fully saturated rings. The molecule has 3 heteroatoms. The first-order valence-electron chi connectivity index (χ1n) is 7.50. The zero-order chi connectivity index (χ0) is 13.3. The highest BCUT2D eigenvalue weighted by atomic mass is 32.2. The summed E-state index contributed by atoms with van der Waals surface area (Å²) in [4.78, 5) is 2.69. The maximum absolute atomic E-state index is 6.25. The van der Waals surface area contributed by atoms with Gasteiger partial charge in [0.2, 0.25) is 0 Å². The molecule has 2 aliphatic rings. The standard InChI is InChI=1S/C15H30N2S/c1-11-9-17(7-8-18-11)10-13-5-6-14(16)12(2)15(13,3)4/h11-14H,5-10,16H2,1-4H3. The summed E-state index contributed by atoms with van der Waals surface area (Å²) >= 11 is 2.12. The Hall–Kier alpha value is 0.270. The van der Waals surface area contributed by atoms with Gasteiger partial charge in [-0.1, -0.05) is 27.7 Å². The molecule has 4 unspecified atom stereocenters. The second kappa shape index (κ2) is 5.72. The molecule has 1 saturated carbocycles. The molecule has 0 aromatic heterocycles. The Labute approximate surface area is 117 Å². The Morgan fingerprint density at radius 1 is 1.28 bits per heavy atom. The van der Waals surface area contributed by atoms with Crippen molar-refractivity contribution in [1.29, 1.82) is 0 Å². The summed E-state index contributed by atoms with van der Waals surface area (Å²) in [5, 5.41) is 0.810. The molecule has 0 radical (unpaired) electrons. The van der Waals surface area contributed by atoms with Crippen LogP contribution in [-0.4, -0.2) is 41.6 Å². The number of thioether (sulfide) groups is 1. The van der Waals surface area contributed by atoms with Crippen LogP contribution < -0.4 is 5.73 Å². The third kappa shape index (κ3) is 3.05. The topological polar surface area (TPSA) is 29.3 Å². The van der Waals surface area contributed by atoms with Gasteiger partial charge in [-0.15, -0.1) is 0 Å². The predicted molar refractivity (Wildman–Crippen MR) is 82.0 cm³/mol. The summed E-state index contributed by atoms with van der Waals surface area (Å²) in [6.07, 6.45) is 2.53.